The standard InChI is InChI=1S/C23H22FN3O4/c1-14-13-26(10-11-27(14)22(29)23(30)8-9-23)21(28)16-4-2-15(3-5-16)20-25-18-7-6-17(24)12-19(18)31-20/h2-7,12,14,30H,8-11,13H2,1H3/t14-/m1/s1. The predicted molar refractivity (Wildman–Crippen MR) is 111 cm³/mol. The van der Waals surface area contributed by atoms with Gasteiger partial charge in [0.05, 0.1) is 0 Å². The van der Waals surface area contributed by atoms with Gasteiger partial charge in [-0.05, 0) is 56.2 Å². The van der Waals surface area contributed by atoms with Crippen molar-refractivity contribution >= 4 is 22.9 Å². The predicted octanol–water partition coefficient (Wildman–Crippen LogP) is 2.83. The van der Waals surface area contributed by atoms with E-state index in [9.17, 15) is 19.1 Å². The zero-order valence-corrected chi connectivity index (χ0v) is 17.0. The van der Waals surface area contributed by atoms with Crippen molar-refractivity contribution < 1.29 is 23.5 Å². The van der Waals surface area contributed by atoms with Gasteiger partial charge in [-0.1, -0.05) is 0 Å². The highest BCUT2D eigenvalue weighted by molar-refractivity contribution is 5.95. The minimum atomic E-state index is -1.19. The van der Waals surface area contributed by atoms with Crippen LogP contribution in [-0.4, -0.2) is 63.0 Å². The number of hydrogen-bond acceptors (Lipinski definition) is 5. The Kier molecular flexibility index (Phi) is 4.55. The number of halogens is 1. The van der Waals surface area contributed by atoms with Gasteiger partial charge in [0, 0.05) is 42.9 Å². The zero-order chi connectivity index (χ0) is 21.8. The van der Waals surface area contributed by atoms with E-state index in [1.54, 1.807) is 40.1 Å². The SMILES string of the molecule is C[C@@H]1CN(C(=O)c2ccc(-c3nc4ccc(F)cc4o3)cc2)CCN1C(=O)C1(O)CC1. The van der Waals surface area contributed by atoms with Crippen LogP contribution < -0.4 is 0 Å². The molecule has 2 aliphatic rings. The van der Waals surface area contributed by atoms with Gasteiger partial charge in [-0.25, -0.2) is 9.37 Å². The summed E-state index contributed by atoms with van der Waals surface area (Å²) in [7, 11) is 0. The number of aliphatic hydroxyl groups is 1. The van der Waals surface area contributed by atoms with Crippen LogP contribution in [0.3, 0.4) is 0 Å². The first-order valence-electron chi connectivity index (χ1n) is 10.3. The number of carbonyl (C=O) groups is 2. The highest BCUT2D eigenvalue weighted by Crippen LogP contribution is 2.37. The summed E-state index contributed by atoms with van der Waals surface area (Å²) < 4.78 is 19.0. The van der Waals surface area contributed by atoms with Gasteiger partial charge in [0.25, 0.3) is 11.8 Å². The molecule has 1 saturated heterocycles. The molecule has 0 unspecified atom stereocenters. The summed E-state index contributed by atoms with van der Waals surface area (Å²) in [5, 5.41) is 10.1. The van der Waals surface area contributed by atoms with Gasteiger partial charge in [-0.15, -0.1) is 0 Å². The van der Waals surface area contributed by atoms with Gasteiger partial charge < -0.3 is 19.3 Å². The second-order valence-corrected chi connectivity index (χ2v) is 8.34. The van der Waals surface area contributed by atoms with Crippen molar-refractivity contribution in [3.05, 3.63) is 53.8 Å². The Morgan fingerprint density at radius 1 is 1.16 bits per heavy atom. The number of hydrogen-bond donors (Lipinski definition) is 1. The number of nitrogens with zero attached hydrogens (tertiary/aromatic N) is 3. The molecule has 1 aromatic heterocycles. The Balaban J connectivity index is 1.28. The van der Waals surface area contributed by atoms with Gasteiger partial charge in [0.1, 0.15) is 16.9 Å². The number of fused-ring (bicyclic) bond motifs is 1. The van der Waals surface area contributed by atoms with Crippen LogP contribution in [-0.2, 0) is 4.79 Å². The van der Waals surface area contributed by atoms with E-state index in [1.165, 1.54) is 12.1 Å². The molecule has 31 heavy (non-hydrogen) atoms. The third-order valence-corrected chi connectivity index (χ3v) is 6.03. The fourth-order valence-corrected chi connectivity index (χ4v) is 4.00. The van der Waals surface area contributed by atoms with Crippen molar-refractivity contribution in [2.75, 3.05) is 19.6 Å². The van der Waals surface area contributed by atoms with Crippen molar-refractivity contribution in [2.24, 2.45) is 0 Å². The molecule has 7 nitrogen and oxygen atoms in total. The lowest BCUT2D eigenvalue weighted by molar-refractivity contribution is -0.146. The number of aromatic nitrogens is 1. The Morgan fingerprint density at radius 2 is 1.90 bits per heavy atom. The number of amides is 2. The maximum atomic E-state index is 13.4. The van der Waals surface area contributed by atoms with Gasteiger partial charge in [-0.3, -0.25) is 9.59 Å². The van der Waals surface area contributed by atoms with Crippen LogP contribution in [0.25, 0.3) is 22.6 Å². The molecule has 1 aliphatic heterocycles. The lowest BCUT2D eigenvalue weighted by Gasteiger charge is -2.40. The summed E-state index contributed by atoms with van der Waals surface area (Å²) in [6.07, 6.45) is 1.03. The third-order valence-electron chi connectivity index (χ3n) is 6.03. The van der Waals surface area contributed by atoms with Crippen LogP contribution in [0.5, 0.6) is 0 Å². The first-order chi connectivity index (χ1) is 14.8. The summed E-state index contributed by atoms with van der Waals surface area (Å²) in [5.74, 6) is -0.373. The topological polar surface area (TPSA) is 86.9 Å². The number of carbonyl (C=O) groups excluding carboxylic acids is 2. The van der Waals surface area contributed by atoms with E-state index < -0.39 is 11.4 Å². The molecular weight excluding hydrogens is 401 g/mol. The molecule has 1 N–H and O–H groups in total. The maximum Gasteiger partial charge on any atom is 0.254 e. The molecular formula is C23H22FN3O4. The van der Waals surface area contributed by atoms with Crippen molar-refractivity contribution in [3.63, 3.8) is 0 Å². The van der Waals surface area contributed by atoms with Crippen molar-refractivity contribution in [3.8, 4) is 11.5 Å². The quantitative estimate of drug-likeness (QED) is 0.700. The van der Waals surface area contributed by atoms with Gasteiger partial charge in [0.2, 0.25) is 5.89 Å². The molecule has 0 radical (unpaired) electrons. The lowest BCUT2D eigenvalue weighted by atomic mass is 10.1. The average Bonchev–Trinajstić information content (AvgIpc) is 3.38. The smallest absolute Gasteiger partial charge is 0.254 e. The van der Waals surface area contributed by atoms with Crippen molar-refractivity contribution in [2.45, 2.75) is 31.4 Å². The monoisotopic (exact) mass is 423 g/mol. The molecule has 160 valence electrons. The fourth-order valence-electron chi connectivity index (χ4n) is 4.00. The zero-order valence-electron chi connectivity index (χ0n) is 17.0. The minimum absolute atomic E-state index is 0.115. The Bertz CT molecular complexity index is 1170. The molecule has 8 heteroatoms. The van der Waals surface area contributed by atoms with Crippen LogP contribution in [0.4, 0.5) is 4.39 Å². The van der Waals surface area contributed by atoms with Crippen LogP contribution in [0, 0.1) is 5.82 Å². The lowest BCUT2D eigenvalue weighted by Crippen LogP contribution is -2.57. The molecule has 1 saturated carbocycles. The van der Waals surface area contributed by atoms with E-state index in [0.717, 1.165) is 0 Å². The van der Waals surface area contributed by atoms with Gasteiger partial charge >= 0.3 is 0 Å². The third kappa shape index (κ3) is 3.57. The summed E-state index contributed by atoms with van der Waals surface area (Å²) in [6.45, 7) is 3.14. The minimum Gasteiger partial charge on any atom is -0.436 e. The highest BCUT2D eigenvalue weighted by Gasteiger charge is 2.51. The summed E-state index contributed by atoms with van der Waals surface area (Å²) in [6, 6.07) is 10.9. The Labute approximate surface area is 178 Å². The Hall–Kier alpha value is -3.26. The molecule has 5 rings (SSSR count). The molecule has 1 atom stereocenters. The molecule has 2 heterocycles. The average molecular weight is 423 g/mol. The van der Waals surface area contributed by atoms with Crippen LogP contribution in [0.1, 0.15) is 30.1 Å². The molecule has 0 bridgehead atoms. The second kappa shape index (κ2) is 7.16. The Morgan fingerprint density at radius 3 is 2.58 bits per heavy atom. The van der Waals surface area contributed by atoms with E-state index in [1.807, 2.05) is 6.92 Å². The van der Waals surface area contributed by atoms with E-state index in [4.69, 9.17) is 4.42 Å². The molecule has 2 amide bonds. The molecule has 2 fully saturated rings. The second-order valence-electron chi connectivity index (χ2n) is 8.34. The normalized spacial score (nSPS) is 20.2. The molecule has 1 aliphatic carbocycles. The summed E-state index contributed by atoms with van der Waals surface area (Å²) in [4.78, 5) is 33.1. The van der Waals surface area contributed by atoms with E-state index in [-0.39, 0.29) is 17.9 Å². The van der Waals surface area contributed by atoms with Crippen LogP contribution in [0.15, 0.2) is 46.9 Å². The van der Waals surface area contributed by atoms with Crippen molar-refractivity contribution in [1.29, 1.82) is 0 Å². The van der Waals surface area contributed by atoms with Crippen LogP contribution >= 0.6 is 0 Å². The number of piperazine rings is 1. The fraction of sp³-hybridized carbons (Fsp3) is 0.348. The number of benzene rings is 2. The van der Waals surface area contributed by atoms with E-state index in [2.05, 4.69) is 4.98 Å². The first kappa shape index (κ1) is 19.7. The molecule has 3 aromatic rings. The maximum absolute atomic E-state index is 13.4. The van der Waals surface area contributed by atoms with Crippen molar-refractivity contribution in [1.82, 2.24) is 14.8 Å². The van der Waals surface area contributed by atoms with Crippen LogP contribution in [0.2, 0.25) is 0 Å². The molecule has 2 aromatic carbocycles. The summed E-state index contributed by atoms with van der Waals surface area (Å²) in [5.41, 5.74) is 0.960. The van der Waals surface area contributed by atoms with Gasteiger partial charge in [-0.2, -0.15) is 0 Å². The number of rotatable bonds is 3. The van der Waals surface area contributed by atoms with E-state index in [0.29, 0.717) is 60.6 Å². The highest BCUT2D eigenvalue weighted by atomic mass is 19.1. The number of oxazole rings is 1. The molecule has 0 spiro atoms. The van der Waals surface area contributed by atoms with E-state index >= 15 is 0 Å². The first-order valence-corrected chi connectivity index (χ1v) is 10.3. The summed E-state index contributed by atoms with van der Waals surface area (Å²) >= 11 is 0. The van der Waals surface area contributed by atoms with Gasteiger partial charge in [0.15, 0.2) is 5.58 Å². The largest absolute Gasteiger partial charge is 0.436 e.